The third-order valence-corrected chi connectivity index (χ3v) is 6.86. The van der Waals surface area contributed by atoms with E-state index >= 15 is 0 Å². The number of hydrogen-bond donors (Lipinski definition) is 2. The SMILES string of the molecule is COc1cc(-c2cnc(NCC3CC3)cc2C)c(OC)cc1-c1cnc(NCC2CC2)cc1C. The number of aryl methyl sites for hydroxylation is 2. The van der Waals surface area contributed by atoms with Gasteiger partial charge in [-0.1, -0.05) is 0 Å². The fourth-order valence-electron chi connectivity index (χ4n) is 4.33. The van der Waals surface area contributed by atoms with Gasteiger partial charge in [0.05, 0.1) is 14.2 Å². The van der Waals surface area contributed by atoms with Crippen LogP contribution in [0.1, 0.15) is 36.8 Å². The Hall–Kier alpha value is -3.28. The van der Waals surface area contributed by atoms with Crippen LogP contribution in [0.15, 0.2) is 36.7 Å². The normalized spacial score (nSPS) is 15.2. The molecule has 6 heteroatoms. The fraction of sp³-hybridized carbons (Fsp3) is 0.429. The lowest BCUT2D eigenvalue weighted by Gasteiger charge is -2.18. The minimum Gasteiger partial charge on any atom is -0.496 e. The molecule has 2 heterocycles. The zero-order valence-corrected chi connectivity index (χ0v) is 20.6. The van der Waals surface area contributed by atoms with Crippen LogP contribution in [-0.2, 0) is 0 Å². The summed E-state index contributed by atoms with van der Waals surface area (Å²) in [6.45, 7) is 6.22. The first-order valence-corrected chi connectivity index (χ1v) is 12.2. The Bertz CT molecular complexity index is 1090. The molecular formula is C28H34N4O2. The van der Waals surface area contributed by atoms with Crippen molar-refractivity contribution in [1.29, 1.82) is 0 Å². The van der Waals surface area contributed by atoms with Crippen molar-refractivity contribution in [2.24, 2.45) is 11.8 Å². The van der Waals surface area contributed by atoms with Gasteiger partial charge < -0.3 is 20.1 Å². The van der Waals surface area contributed by atoms with E-state index in [1.807, 2.05) is 24.5 Å². The summed E-state index contributed by atoms with van der Waals surface area (Å²) in [5.74, 6) is 5.03. The zero-order valence-electron chi connectivity index (χ0n) is 20.6. The van der Waals surface area contributed by atoms with E-state index in [-0.39, 0.29) is 0 Å². The van der Waals surface area contributed by atoms with Gasteiger partial charge in [0.1, 0.15) is 23.1 Å². The molecule has 2 N–H and O–H groups in total. The van der Waals surface area contributed by atoms with Gasteiger partial charge in [0, 0.05) is 47.7 Å². The van der Waals surface area contributed by atoms with Crippen LogP contribution < -0.4 is 20.1 Å². The highest BCUT2D eigenvalue weighted by Crippen LogP contribution is 2.42. The maximum Gasteiger partial charge on any atom is 0.127 e. The molecule has 2 aromatic heterocycles. The second-order valence-electron chi connectivity index (χ2n) is 9.67. The molecule has 0 radical (unpaired) electrons. The summed E-state index contributed by atoms with van der Waals surface area (Å²) in [5.41, 5.74) is 6.29. The molecule has 1 aromatic carbocycles. The van der Waals surface area contributed by atoms with Crippen LogP contribution in [0.4, 0.5) is 11.6 Å². The van der Waals surface area contributed by atoms with Crippen LogP contribution >= 0.6 is 0 Å². The number of anilines is 2. The van der Waals surface area contributed by atoms with E-state index in [4.69, 9.17) is 9.47 Å². The molecule has 34 heavy (non-hydrogen) atoms. The highest BCUT2D eigenvalue weighted by Gasteiger charge is 2.22. The van der Waals surface area contributed by atoms with Crippen molar-refractivity contribution in [3.8, 4) is 33.8 Å². The Balaban J connectivity index is 1.45. The minimum atomic E-state index is 0.787. The largest absolute Gasteiger partial charge is 0.496 e. The summed E-state index contributed by atoms with van der Waals surface area (Å²) in [6, 6.07) is 8.32. The van der Waals surface area contributed by atoms with E-state index in [2.05, 4.69) is 46.6 Å². The van der Waals surface area contributed by atoms with E-state index in [1.54, 1.807) is 14.2 Å². The molecule has 0 spiro atoms. The Morgan fingerprint density at radius 3 is 1.41 bits per heavy atom. The van der Waals surface area contributed by atoms with Gasteiger partial charge in [-0.3, -0.25) is 0 Å². The highest BCUT2D eigenvalue weighted by atomic mass is 16.5. The maximum absolute atomic E-state index is 5.84. The number of nitrogens with one attached hydrogen (secondary N) is 2. The van der Waals surface area contributed by atoms with Crippen LogP contribution in [-0.4, -0.2) is 37.3 Å². The Morgan fingerprint density at radius 1 is 0.676 bits per heavy atom. The molecule has 0 bridgehead atoms. The molecule has 0 amide bonds. The van der Waals surface area contributed by atoms with Crippen LogP contribution in [0.25, 0.3) is 22.3 Å². The number of nitrogens with zero attached hydrogens (tertiary/aromatic N) is 2. The van der Waals surface area contributed by atoms with Gasteiger partial charge in [0.2, 0.25) is 0 Å². The van der Waals surface area contributed by atoms with Crippen LogP contribution in [0, 0.1) is 25.7 Å². The third kappa shape index (κ3) is 4.96. The second kappa shape index (κ2) is 9.53. The van der Waals surface area contributed by atoms with Crippen molar-refractivity contribution in [2.45, 2.75) is 39.5 Å². The minimum absolute atomic E-state index is 0.787. The monoisotopic (exact) mass is 458 g/mol. The third-order valence-electron chi connectivity index (χ3n) is 6.86. The molecule has 0 unspecified atom stereocenters. The van der Waals surface area contributed by atoms with Crippen molar-refractivity contribution in [3.05, 3.63) is 47.8 Å². The molecule has 0 atom stereocenters. The van der Waals surface area contributed by atoms with Crippen LogP contribution in [0.2, 0.25) is 0 Å². The molecule has 5 rings (SSSR count). The maximum atomic E-state index is 5.84. The van der Waals surface area contributed by atoms with Gasteiger partial charge in [-0.15, -0.1) is 0 Å². The molecule has 2 fully saturated rings. The number of aromatic nitrogens is 2. The second-order valence-corrected chi connectivity index (χ2v) is 9.67. The average molecular weight is 459 g/mol. The lowest BCUT2D eigenvalue weighted by Crippen LogP contribution is -2.05. The summed E-state index contributed by atoms with van der Waals surface area (Å²) in [6.07, 6.45) is 9.14. The average Bonchev–Trinajstić information content (AvgIpc) is 3.76. The van der Waals surface area contributed by atoms with Crippen LogP contribution in [0.5, 0.6) is 11.5 Å². The summed E-state index contributed by atoms with van der Waals surface area (Å²) in [5, 5.41) is 6.92. The van der Waals surface area contributed by atoms with Gasteiger partial charge in [0.25, 0.3) is 0 Å². The quantitative estimate of drug-likeness (QED) is 0.383. The van der Waals surface area contributed by atoms with Crippen molar-refractivity contribution >= 4 is 11.6 Å². The predicted octanol–water partition coefficient (Wildman–Crippen LogP) is 6.09. The highest BCUT2D eigenvalue weighted by molar-refractivity contribution is 5.83. The fourth-order valence-corrected chi connectivity index (χ4v) is 4.33. The summed E-state index contributed by atoms with van der Waals surface area (Å²) in [4.78, 5) is 9.32. The topological polar surface area (TPSA) is 68.3 Å². The van der Waals surface area contributed by atoms with Gasteiger partial charge in [0.15, 0.2) is 0 Å². The smallest absolute Gasteiger partial charge is 0.127 e. The molecule has 2 saturated carbocycles. The first-order chi connectivity index (χ1) is 16.6. The van der Waals surface area contributed by atoms with Crippen LogP contribution in [0.3, 0.4) is 0 Å². The lowest BCUT2D eigenvalue weighted by atomic mass is 9.95. The molecule has 0 saturated heterocycles. The molecule has 178 valence electrons. The van der Waals surface area contributed by atoms with Gasteiger partial charge in [-0.2, -0.15) is 0 Å². The molecular weight excluding hydrogens is 424 g/mol. The lowest BCUT2D eigenvalue weighted by molar-refractivity contribution is 0.406. The van der Waals surface area contributed by atoms with Crippen molar-refractivity contribution in [2.75, 3.05) is 37.9 Å². The van der Waals surface area contributed by atoms with Gasteiger partial charge in [-0.25, -0.2) is 9.97 Å². The Morgan fingerprint density at radius 2 is 1.09 bits per heavy atom. The number of hydrogen-bond acceptors (Lipinski definition) is 6. The number of methoxy groups -OCH3 is 2. The number of ether oxygens (including phenoxy) is 2. The molecule has 6 nitrogen and oxygen atoms in total. The van der Waals surface area contributed by atoms with Crippen molar-refractivity contribution < 1.29 is 9.47 Å². The number of pyridine rings is 2. The predicted molar refractivity (Wildman–Crippen MR) is 138 cm³/mol. The summed E-state index contributed by atoms with van der Waals surface area (Å²) < 4.78 is 11.7. The molecule has 2 aliphatic rings. The first kappa shape index (κ1) is 22.5. The molecule has 0 aliphatic heterocycles. The van der Waals surface area contributed by atoms with E-state index < -0.39 is 0 Å². The first-order valence-electron chi connectivity index (χ1n) is 12.2. The zero-order chi connectivity index (χ0) is 23.7. The van der Waals surface area contributed by atoms with E-state index in [0.29, 0.717) is 0 Å². The van der Waals surface area contributed by atoms with E-state index in [9.17, 15) is 0 Å². The molecule has 3 aromatic rings. The Labute approximate surface area is 202 Å². The standard InChI is InChI=1S/C28H34N4O2/c1-17-9-27(29-13-19-5-6-19)31-15-23(17)21-11-26(34-4)22(12-25(21)33-3)24-16-32-28(10-18(24)2)30-14-20-7-8-20/h9-12,15-16,19-20H,5-8,13-14H2,1-4H3,(H,29,31)(H,30,32). The summed E-state index contributed by atoms with van der Waals surface area (Å²) >= 11 is 0. The number of rotatable bonds is 10. The van der Waals surface area contributed by atoms with Crippen molar-refractivity contribution in [1.82, 2.24) is 9.97 Å². The van der Waals surface area contributed by atoms with Gasteiger partial charge >= 0.3 is 0 Å². The number of benzene rings is 1. The molecule has 2 aliphatic carbocycles. The van der Waals surface area contributed by atoms with E-state index in [0.717, 1.165) is 81.4 Å². The van der Waals surface area contributed by atoms with E-state index in [1.165, 1.54) is 25.7 Å². The van der Waals surface area contributed by atoms with Gasteiger partial charge in [-0.05, 0) is 86.8 Å². The van der Waals surface area contributed by atoms with Crippen molar-refractivity contribution in [3.63, 3.8) is 0 Å². The summed E-state index contributed by atoms with van der Waals surface area (Å²) in [7, 11) is 3.42. The Kier molecular flexibility index (Phi) is 6.31.